The van der Waals surface area contributed by atoms with Gasteiger partial charge in [0, 0.05) is 42.3 Å². The van der Waals surface area contributed by atoms with Crippen LogP contribution in [0.2, 0.25) is 0 Å². The zero-order valence-electron chi connectivity index (χ0n) is 14.3. The van der Waals surface area contributed by atoms with Crippen LogP contribution in [0, 0.1) is 13.8 Å². The van der Waals surface area contributed by atoms with Gasteiger partial charge in [-0.15, -0.1) is 11.3 Å². The van der Waals surface area contributed by atoms with Crippen molar-refractivity contribution in [1.29, 1.82) is 0 Å². The van der Waals surface area contributed by atoms with Gasteiger partial charge >= 0.3 is 0 Å². The van der Waals surface area contributed by atoms with Gasteiger partial charge < -0.3 is 9.47 Å². The van der Waals surface area contributed by atoms with E-state index in [4.69, 9.17) is 0 Å². The molecule has 3 aromatic heterocycles. The Labute approximate surface area is 151 Å². The van der Waals surface area contributed by atoms with Crippen molar-refractivity contribution < 1.29 is 4.79 Å². The molecule has 1 fully saturated rings. The number of thiophene rings is 1. The van der Waals surface area contributed by atoms with Gasteiger partial charge in [0.1, 0.15) is 5.82 Å². The van der Waals surface area contributed by atoms with E-state index >= 15 is 0 Å². The average Bonchev–Trinajstić information content (AvgIpc) is 3.15. The first-order valence-electron chi connectivity index (χ1n) is 8.38. The van der Waals surface area contributed by atoms with Crippen molar-refractivity contribution in [2.45, 2.75) is 26.3 Å². The molecule has 6 heteroatoms. The molecule has 25 heavy (non-hydrogen) atoms. The van der Waals surface area contributed by atoms with Crippen molar-refractivity contribution in [2.75, 3.05) is 13.1 Å². The molecule has 0 unspecified atom stereocenters. The van der Waals surface area contributed by atoms with E-state index in [2.05, 4.69) is 27.5 Å². The number of carbonyl (C=O) groups is 1. The molecule has 1 aliphatic rings. The number of carbonyl (C=O) groups excluding carboxylic acids is 1. The van der Waals surface area contributed by atoms with Gasteiger partial charge in [-0.05, 0) is 37.6 Å². The zero-order valence-corrected chi connectivity index (χ0v) is 15.2. The second kappa shape index (κ2) is 6.44. The SMILES string of the molecule is Cc1ccc(C(=O)N2CC(c3ncc(C)n3Cc3cccnc3)C2)s1. The molecule has 0 aromatic carbocycles. The maximum absolute atomic E-state index is 12.5. The normalized spacial score (nSPS) is 14.6. The summed E-state index contributed by atoms with van der Waals surface area (Å²) in [7, 11) is 0. The van der Waals surface area contributed by atoms with Crippen LogP contribution in [-0.2, 0) is 6.54 Å². The van der Waals surface area contributed by atoms with Crippen molar-refractivity contribution in [3.63, 3.8) is 0 Å². The highest BCUT2D eigenvalue weighted by molar-refractivity contribution is 7.13. The number of imidazole rings is 1. The Morgan fingerprint density at radius 3 is 2.76 bits per heavy atom. The molecule has 5 nitrogen and oxygen atoms in total. The van der Waals surface area contributed by atoms with Crippen molar-refractivity contribution in [1.82, 2.24) is 19.4 Å². The predicted octanol–water partition coefficient (Wildman–Crippen LogP) is 3.24. The van der Waals surface area contributed by atoms with Gasteiger partial charge in [0.15, 0.2) is 0 Å². The summed E-state index contributed by atoms with van der Waals surface area (Å²) in [5, 5.41) is 0. The fraction of sp³-hybridized carbons (Fsp3) is 0.316. The summed E-state index contributed by atoms with van der Waals surface area (Å²) in [6, 6.07) is 7.95. The van der Waals surface area contributed by atoms with E-state index in [1.165, 1.54) is 4.88 Å². The molecule has 0 aliphatic carbocycles. The van der Waals surface area contributed by atoms with Crippen LogP contribution in [0.1, 0.15) is 37.5 Å². The largest absolute Gasteiger partial charge is 0.336 e. The second-order valence-corrected chi connectivity index (χ2v) is 7.81. The number of likely N-dealkylation sites (tertiary alicyclic amines) is 1. The van der Waals surface area contributed by atoms with Gasteiger partial charge in [0.05, 0.1) is 17.3 Å². The molecule has 0 spiro atoms. The molecule has 1 saturated heterocycles. The molecule has 128 valence electrons. The number of aromatic nitrogens is 3. The number of rotatable bonds is 4. The van der Waals surface area contributed by atoms with E-state index in [9.17, 15) is 4.79 Å². The zero-order chi connectivity index (χ0) is 17.4. The Bertz CT molecular complexity index is 893. The highest BCUT2D eigenvalue weighted by Gasteiger charge is 2.35. The lowest BCUT2D eigenvalue weighted by atomic mass is 9.98. The average molecular weight is 352 g/mol. The van der Waals surface area contributed by atoms with Gasteiger partial charge in [0.25, 0.3) is 5.91 Å². The number of hydrogen-bond acceptors (Lipinski definition) is 4. The topological polar surface area (TPSA) is 51.0 Å². The lowest BCUT2D eigenvalue weighted by Gasteiger charge is -2.38. The van der Waals surface area contributed by atoms with Gasteiger partial charge in [0.2, 0.25) is 0 Å². The van der Waals surface area contributed by atoms with Crippen LogP contribution in [0.3, 0.4) is 0 Å². The Morgan fingerprint density at radius 1 is 1.24 bits per heavy atom. The first-order valence-corrected chi connectivity index (χ1v) is 9.20. The highest BCUT2D eigenvalue weighted by Crippen LogP contribution is 2.30. The van der Waals surface area contributed by atoms with E-state index in [1.807, 2.05) is 42.4 Å². The molecule has 1 amide bonds. The molecule has 0 radical (unpaired) electrons. The van der Waals surface area contributed by atoms with Crippen LogP contribution in [0.15, 0.2) is 42.9 Å². The molecule has 4 heterocycles. The number of aryl methyl sites for hydroxylation is 2. The molecule has 3 aromatic rings. The third kappa shape index (κ3) is 3.09. The predicted molar refractivity (Wildman–Crippen MR) is 98.0 cm³/mol. The van der Waals surface area contributed by atoms with Crippen LogP contribution < -0.4 is 0 Å². The van der Waals surface area contributed by atoms with Crippen molar-refractivity contribution in [2.24, 2.45) is 0 Å². The molecule has 0 bridgehead atoms. The lowest BCUT2D eigenvalue weighted by molar-refractivity contribution is 0.0596. The number of hydrogen-bond donors (Lipinski definition) is 0. The van der Waals surface area contributed by atoms with Crippen molar-refractivity contribution >= 4 is 17.2 Å². The smallest absolute Gasteiger partial charge is 0.263 e. The summed E-state index contributed by atoms with van der Waals surface area (Å²) >= 11 is 1.56. The van der Waals surface area contributed by atoms with Crippen molar-refractivity contribution in [3.8, 4) is 0 Å². The van der Waals surface area contributed by atoms with Gasteiger partial charge in [-0.25, -0.2) is 4.98 Å². The summed E-state index contributed by atoms with van der Waals surface area (Å²) < 4.78 is 2.23. The highest BCUT2D eigenvalue weighted by atomic mass is 32.1. The number of nitrogens with zero attached hydrogens (tertiary/aromatic N) is 4. The van der Waals surface area contributed by atoms with Crippen LogP contribution in [0.4, 0.5) is 0 Å². The number of amides is 1. The summed E-state index contributed by atoms with van der Waals surface area (Å²) in [6.45, 7) is 6.34. The van der Waals surface area contributed by atoms with Crippen LogP contribution in [0.25, 0.3) is 0 Å². The summed E-state index contributed by atoms with van der Waals surface area (Å²) in [5.41, 5.74) is 2.30. The van der Waals surface area contributed by atoms with E-state index in [-0.39, 0.29) is 5.91 Å². The molecule has 0 atom stereocenters. The molecule has 4 rings (SSSR count). The van der Waals surface area contributed by atoms with Crippen LogP contribution >= 0.6 is 11.3 Å². The molecule has 0 N–H and O–H groups in total. The molecule has 0 saturated carbocycles. The number of pyridine rings is 1. The standard InChI is InChI=1S/C19H20N4OS/c1-13-8-21-18(23(13)10-15-4-3-7-20-9-15)16-11-22(12-16)19(24)17-6-5-14(2)25-17/h3-9,16H,10-12H2,1-2H3. The van der Waals surface area contributed by atoms with Crippen LogP contribution in [0.5, 0.6) is 0 Å². The van der Waals surface area contributed by atoms with E-state index in [0.717, 1.165) is 41.6 Å². The Morgan fingerprint density at radius 2 is 2.08 bits per heavy atom. The molecular weight excluding hydrogens is 332 g/mol. The molecular formula is C19H20N4OS. The monoisotopic (exact) mass is 352 g/mol. The summed E-state index contributed by atoms with van der Waals surface area (Å²) in [6.07, 6.45) is 5.59. The van der Waals surface area contributed by atoms with E-state index in [0.29, 0.717) is 5.92 Å². The minimum absolute atomic E-state index is 0.136. The van der Waals surface area contributed by atoms with E-state index < -0.39 is 0 Å². The minimum atomic E-state index is 0.136. The third-order valence-corrected chi connectivity index (χ3v) is 5.62. The summed E-state index contributed by atoms with van der Waals surface area (Å²) in [4.78, 5) is 25.2. The molecule has 1 aliphatic heterocycles. The second-order valence-electron chi connectivity index (χ2n) is 6.52. The Hall–Kier alpha value is -2.47. The van der Waals surface area contributed by atoms with Gasteiger partial charge in [-0.1, -0.05) is 6.07 Å². The maximum atomic E-state index is 12.5. The van der Waals surface area contributed by atoms with Crippen LogP contribution in [-0.4, -0.2) is 38.4 Å². The third-order valence-electron chi connectivity index (χ3n) is 4.63. The first-order chi connectivity index (χ1) is 12.1. The Balaban J connectivity index is 1.47. The van der Waals surface area contributed by atoms with Crippen molar-refractivity contribution in [3.05, 3.63) is 69.7 Å². The van der Waals surface area contributed by atoms with Gasteiger partial charge in [-0.3, -0.25) is 9.78 Å². The quantitative estimate of drug-likeness (QED) is 0.724. The summed E-state index contributed by atoms with van der Waals surface area (Å²) in [5.74, 6) is 1.50. The minimum Gasteiger partial charge on any atom is -0.336 e. The fourth-order valence-electron chi connectivity index (χ4n) is 3.20. The lowest BCUT2D eigenvalue weighted by Crippen LogP contribution is -2.49. The maximum Gasteiger partial charge on any atom is 0.263 e. The fourth-order valence-corrected chi connectivity index (χ4v) is 4.03. The first kappa shape index (κ1) is 16.0. The van der Waals surface area contributed by atoms with Gasteiger partial charge in [-0.2, -0.15) is 0 Å². The Kier molecular flexibility index (Phi) is 4.13. The van der Waals surface area contributed by atoms with E-state index in [1.54, 1.807) is 17.5 Å².